The van der Waals surface area contributed by atoms with Crippen molar-refractivity contribution in [2.45, 2.75) is 13.8 Å². The zero-order chi connectivity index (χ0) is 9.14. The van der Waals surface area contributed by atoms with Crippen molar-refractivity contribution in [1.82, 2.24) is 4.98 Å². The van der Waals surface area contributed by atoms with E-state index in [0.717, 1.165) is 16.8 Å². The normalized spacial score (nSPS) is 12.5. The number of thiazole rings is 1. The topological polar surface area (TPSA) is 38.9 Å². The molecule has 0 fully saturated rings. The Labute approximate surface area is 76.4 Å². The summed E-state index contributed by atoms with van der Waals surface area (Å²) in [5.41, 5.74) is 8.75. The molecule has 0 radical (unpaired) electrons. The second-order valence-electron chi connectivity index (χ2n) is 2.58. The van der Waals surface area contributed by atoms with E-state index in [1.54, 1.807) is 0 Å². The summed E-state index contributed by atoms with van der Waals surface area (Å²) in [6.07, 6.45) is 1.82. The highest BCUT2D eigenvalue weighted by Gasteiger charge is 2.01. The molecule has 0 aliphatic carbocycles. The number of nitrogen functional groups attached to an aromatic ring is 1. The van der Waals surface area contributed by atoms with E-state index in [9.17, 15) is 0 Å². The van der Waals surface area contributed by atoms with Crippen molar-refractivity contribution < 1.29 is 0 Å². The quantitative estimate of drug-likeness (QED) is 0.711. The van der Waals surface area contributed by atoms with Crippen LogP contribution in [0.4, 0.5) is 5.13 Å². The average Bonchev–Trinajstić information content (AvgIpc) is 2.49. The molecule has 0 amide bonds. The molecule has 0 atom stereocenters. The Morgan fingerprint density at radius 1 is 1.67 bits per heavy atom. The van der Waals surface area contributed by atoms with Crippen molar-refractivity contribution in [2.75, 3.05) is 5.73 Å². The van der Waals surface area contributed by atoms with Gasteiger partial charge in [-0.05, 0) is 25.0 Å². The van der Waals surface area contributed by atoms with Gasteiger partial charge < -0.3 is 5.73 Å². The van der Waals surface area contributed by atoms with Crippen LogP contribution in [0, 0.1) is 0 Å². The van der Waals surface area contributed by atoms with Crippen LogP contribution in [0.3, 0.4) is 0 Å². The molecule has 2 N–H and O–H groups in total. The SMILES string of the molecule is C=C/C(C)=C(\C)c1csc(N)n1. The molecule has 1 aromatic heterocycles. The molecule has 0 aliphatic heterocycles. The number of aromatic nitrogens is 1. The maximum absolute atomic E-state index is 5.52. The molecule has 0 saturated carbocycles. The largest absolute Gasteiger partial charge is 0.375 e. The maximum atomic E-state index is 5.52. The van der Waals surface area contributed by atoms with E-state index in [0.29, 0.717) is 5.13 Å². The fourth-order valence-electron chi connectivity index (χ4n) is 0.815. The smallest absolute Gasteiger partial charge is 0.180 e. The third kappa shape index (κ3) is 1.74. The van der Waals surface area contributed by atoms with E-state index < -0.39 is 0 Å². The summed E-state index contributed by atoms with van der Waals surface area (Å²) in [5, 5.41) is 2.57. The number of hydrogen-bond acceptors (Lipinski definition) is 3. The highest BCUT2D eigenvalue weighted by molar-refractivity contribution is 7.13. The molecular weight excluding hydrogens is 168 g/mol. The molecule has 0 aliphatic rings. The van der Waals surface area contributed by atoms with Gasteiger partial charge in [-0.25, -0.2) is 4.98 Å². The number of anilines is 1. The van der Waals surface area contributed by atoms with Crippen LogP contribution in [0.5, 0.6) is 0 Å². The molecule has 0 bridgehead atoms. The van der Waals surface area contributed by atoms with E-state index in [-0.39, 0.29) is 0 Å². The van der Waals surface area contributed by atoms with Crippen LogP contribution >= 0.6 is 11.3 Å². The van der Waals surface area contributed by atoms with Crippen LogP contribution in [0.1, 0.15) is 19.5 Å². The fraction of sp³-hybridized carbons (Fsp3) is 0.222. The lowest BCUT2D eigenvalue weighted by atomic mass is 10.1. The molecular formula is C9H12N2S. The van der Waals surface area contributed by atoms with Gasteiger partial charge in [0.1, 0.15) is 0 Å². The predicted octanol–water partition coefficient (Wildman–Crippen LogP) is 2.70. The van der Waals surface area contributed by atoms with Gasteiger partial charge in [-0.2, -0.15) is 0 Å². The monoisotopic (exact) mass is 180 g/mol. The lowest BCUT2D eigenvalue weighted by molar-refractivity contribution is 1.33. The second-order valence-corrected chi connectivity index (χ2v) is 3.47. The highest BCUT2D eigenvalue weighted by Crippen LogP contribution is 2.21. The summed E-state index contributed by atoms with van der Waals surface area (Å²) in [7, 11) is 0. The zero-order valence-electron chi connectivity index (χ0n) is 7.29. The van der Waals surface area contributed by atoms with E-state index in [2.05, 4.69) is 11.6 Å². The van der Waals surface area contributed by atoms with Gasteiger partial charge in [0.2, 0.25) is 0 Å². The first-order valence-electron chi connectivity index (χ1n) is 3.66. The zero-order valence-corrected chi connectivity index (χ0v) is 8.11. The van der Waals surface area contributed by atoms with Gasteiger partial charge in [0, 0.05) is 5.38 Å². The molecule has 1 aromatic rings. The molecule has 0 saturated heterocycles. The summed E-state index contributed by atoms with van der Waals surface area (Å²) in [5.74, 6) is 0. The molecule has 12 heavy (non-hydrogen) atoms. The first-order chi connectivity index (χ1) is 5.65. The molecule has 0 unspecified atom stereocenters. The van der Waals surface area contributed by atoms with Crippen LogP contribution in [0.25, 0.3) is 5.57 Å². The number of nitrogens with two attached hydrogens (primary N) is 1. The first kappa shape index (κ1) is 9.00. The molecule has 2 nitrogen and oxygen atoms in total. The standard InChI is InChI=1S/C9H12N2S/c1-4-6(2)7(3)8-5-12-9(10)11-8/h4-5H,1H2,2-3H3,(H2,10,11)/b7-6+. The van der Waals surface area contributed by atoms with E-state index in [4.69, 9.17) is 5.73 Å². The molecule has 64 valence electrons. The van der Waals surface area contributed by atoms with Gasteiger partial charge in [-0.3, -0.25) is 0 Å². The van der Waals surface area contributed by atoms with Crippen LogP contribution in [-0.4, -0.2) is 4.98 Å². The van der Waals surface area contributed by atoms with Crippen molar-refractivity contribution in [1.29, 1.82) is 0 Å². The summed E-state index contributed by atoms with van der Waals surface area (Å²) >= 11 is 1.46. The third-order valence-electron chi connectivity index (χ3n) is 1.80. The summed E-state index contributed by atoms with van der Waals surface area (Å²) in [6.45, 7) is 7.73. The Morgan fingerprint density at radius 2 is 2.33 bits per heavy atom. The van der Waals surface area contributed by atoms with Crippen molar-refractivity contribution in [2.24, 2.45) is 0 Å². The Balaban J connectivity index is 3.07. The molecule has 0 aromatic carbocycles. The maximum Gasteiger partial charge on any atom is 0.180 e. The van der Waals surface area contributed by atoms with E-state index in [1.165, 1.54) is 11.3 Å². The number of nitrogens with zero attached hydrogens (tertiary/aromatic N) is 1. The van der Waals surface area contributed by atoms with Crippen LogP contribution < -0.4 is 5.73 Å². The number of hydrogen-bond donors (Lipinski definition) is 1. The lowest BCUT2D eigenvalue weighted by Crippen LogP contribution is -1.86. The minimum atomic E-state index is 0.612. The molecule has 1 rings (SSSR count). The van der Waals surface area contributed by atoms with E-state index >= 15 is 0 Å². The van der Waals surface area contributed by atoms with Crippen LogP contribution in [-0.2, 0) is 0 Å². The van der Waals surface area contributed by atoms with E-state index in [1.807, 2.05) is 25.3 Å². The predicted molar refractivity (Wildman–Crippen MR) is 55.0 cm³/mol. The minimum absolute atomic E-state index is 0.612. The Morgan fingerprint density at radius 3 is 2.75 bits per heavy atom. The average molecular weight is 180 g/mol. The van der Waals surface area contributed by atoms with Gasteiger partial charge in [-0.15, -0.1) is 11.3 Å². The number of allylic oxidation sites excluding steroid dienone is 3. The second kappa shape index (κ2) is 3.54. The molecule has 3 heteroatoms. The van der Waals surface area contributed by atoms with Crippen molar-refractivity contribution in [3.05, 3.63) is 29.3 Å². The highest BCUT2D eigenvalue weighted by atomic mass is 32.1. The van der Waals surface area contributed by atoms with Crippen LogP contribution in [0.2, 0.25) is 0 Å². The number of rotatable bonds is 2. The fourth-order valence-corrected chi connectivity index (χ4v) is 1.43. The van der Waals surface area contributed by atoms with Gasteiger partial charge in [0.05, 0.1) is 5.69 Å². The summed E-state index contributed by atoms with van der Waals surface area (Å²) in [4.78, 5) is 4.17. The van der Waals surface area contributed by atoms with Gasteiger partial charge >= 0.3 is 0 Å². The molecule has 1 heterocycles. The van der Waals surface area contributed by atoms with Gasteiger partial charge in [0.25, 0.3) is 0 Å². The third-order valence-corrected chi connectivity index (χ3v) is 2.48. The lowest BCUT2D eigenvalue weighted by Gasteiger charge is -1.98. The molecule has 0 spiro atoms. The van der Waals surface area contributed by atoms with Crippen LogP contribution in [0.15, 0.2) is 23.6 Å². The Hall–Kier alpha value is -1.09. The summed E-state index contributed by atoms with van der Waals surface area (Å²) in [6, 6.07) is 0. The van der Waals surface area contributed by atoms with Crippen molar-refractivity contribution >= 4 is 22.0 Å². The minimum Gasteiger partial charge on any atom is -0.375 e. The van der Waals surface area contributed by atoms with Crippen molar-refractivity contribution in [3.8, 4) is 0 Å². The first-order valence-corrected chi connectivity index (χ1v) is 4.54. The van der Waals surface area contributed by atoms with Gasteiger partial charge in [-0.1, -0.05) is 12.7 Å². The Kier molecular flexibility index (Phi) is 2.65. The van der Waals surface area contributed by atoms with Gasteiger partial charge in [0.15, 0.2) is 5.13 Å². The van der Waals surface area contributed by atoms with Crippen molar-refractivity contribution in [3.63, 3.8) is 0 Å². The Bertz CT molecular complexity index is 323. The summed E-state index contributed by atoms with van der Waals surface area (Å²) < 4.78 is 0.